The number of nitrogens with zero attached hydrogens (tertiary/aromatic N) is 1. The molecule has 4 nitrogen and oxygen atoms in total. The zero-order chi connectivity index (χ0) is 7.23. The Morgan fingerprint density at radius 3 is 3.10 bits per heavy atom. The molecule has 0 saturated carbocycles. The monoisotopic (exact) mass is 139 g/mol. The molecule has 0 amide bonds. The summed E-state index contributed by atoms with van der Waals surface area (Å²) in [6.45, 7) is 0. The maximum absolute atomic E-state index is 7.78. The van der Waals surface area contributed by atoms with Crippen molar-refractivity contribution in [2.75, 3.05) is 0 Å². The van der Waals surface area contributed by atoms with Crippen LogP contribution in [0.25, 0.3) is 0 Å². The fourth-order valence-electron chi connectivity index (χ4n) is 0.578. The summed E-state index contributed by atoms with van der Waals surface area (Å²) in [4.78, 5) is 8.06. The van der Waals surface area contributed by atoms with Crippen molar-refractivity contribution in [3.63, 3.8) is 0 Å². The summed E-state index contributed by atoms with van der Waals surface area (Å²) in [5.41, 5.74) is 0.844. The maximum atomic E-state index is 7.78. The molecule has 0 atom stereocenters. The molecule has 0 aliphatic rings. The van der Waals surface area contributed by atoms with Gasteiger partial charge in [-0.2, -0.15) is 0 Å². The van der Waals surface area contributed by atoms with Gasteiger partial charge in [0.05, 0.1) is 0 Å². The summed E-state index contributed by atoms with van der Waals surface area (Å²) in [6, 6.07) is 3.59. The molecular weight excluding hydrogens is 133 g/mol. The standard InChI is InChI=1S/C5H6BNO3/c8-10-9-6-5-2-1-3-7-4-5/h1-4,6,8H. The predicted molar refractivity (Wildman–Crippen MR) is 35.8 cm³/mol. The van der Waals surface area contributed by atoms with Crippen LogP contribution in [0.1, 0.15) is 0 Å². The van der Waals surface area contributed by atoms with Crippen LogP contribution in [0.5, 0.6) is 0 Å². The Kier molecular flexibility index (Phi) is 2.88. The largest absolute Gasteiger partial charge is 0.361 e. The molecule has 5 heteroatoms. The van der Waals surface area contributed by atoms with Crippen molar-refractivity contribution in [2.24, 2.45) is 0 Å². The highest BCUT2D eigenvalue weighted by molar-refractivity contribution is 6.46. The van der Waals surface area contributed by atoms with Gasteiger partial charge in [-0.05, 0) is 11.5 Å². The Labute approximate surface area is 58.6 Å². The topological polar surface area (TPSA) is 51.6 Å². The van der Waals surface area contributed by atoms with E-state index in [1.165, 1.54) is 0 Å². The highest BCUT2D eigenvalue weighted by atomic mass is 17.5. The molecule has 0 aliphatic carbocycles. The summed E-state index contributed by atoms with van der Waals surface area (Å²) in [5.74, 6) is 0. The van der Waals surface area contributed by atoms with Crippen molar-refractivity contribution < 1.29 is 15.1 Å². The highest BCUT2D eigenvalue weighted by Gasteiger charge is 1.94. The van der Waals surface area contributed by atoms with E-state index in [0.29, 0.717) is 0 Å². The van der Waals surface area contributed by atoms with Gasteiger partial charge < -0.3 is 0 Å². The van der Waals surface area contributed by atoms with Crippen LogP contribution in [-0.4, -0.2) is 17.7 Å². The molecule has 1 aromatic heterocycles. The van der Waals surface area contributed by atoms with Crippen LogP contribution in [0.3, 0.4) is 0 Å². The highest BCUT2D eigenvalue weighted by Crippen LogP contribution is 1.76. The molecule has 0 radical (unpaired) electrons. The van der Waals surface area contributed by atoms with Gasteiger partial charge in [-0.25, -0.2) is 5.26 Å². The lowest BCUT2D eigenvalue weighted by Gasteiger charge is -1.93. The fraction of sp³-hybridized carbons (Fsp3) is 0. The molecule has 52 valence electrons. The molecule has 0 spiro atoms. The van der Waals surface area contributed by atoms with Crippen molar-refractivity contribution in [1.29, 1.82) is 0 Å². The third-order valence-corrected chi connectivity index (χ3v) is 1.00. The Morgan fingerprint density at radius 1 is 1.60 bits per heavy atom. The van der Waals surface area contributed by atoms with Crippen molar-refractivity contribution in [2.45, 2.75) is 0 Å². The van der Waals surface area contributed by atoms with Crippen molar-refractivity contribution in [3.05, 3.63) is 24.5 Å². The Morgan fingerprint density at radius 2 is 2.50 bits per heavy atom. The van der Waals surface area contributed by atoms with Crippen LogP contribution in [0, 0.1) is 0 Å². The molecule has 10 heavy (non-hydrogen) atoms. The Bertz CT molecular complexity index is 182. The van der Waals surface area contributed by atoms with E-state index in [1.54, 1.807) is 18.5 Å². The van der Waals surface area contributed by atoms with Crippen molar-refractivity contribution in [1.82, 2.24) is 4.98 Å². The molecule has 1 heterocycles. The molecule has 0 fully saturated rings. The van der Waals surface area contributed by atoms with E-state index in [2.05, 4.69) is 14.8 Å². The summed E-state index contributed by atoms with van der Waals surface area (Å²) in [6.07, 6.45) is 3.28. The van der Waals surface area contributed by atoms with Gasteiger partial charge in [-0.3, -0.25) is 9.79 Å². The minimum atomic E-state index is 0.199. The quantitative estimate of drug-likeness (QED) is 0.347. The van der Waals surface area contributed by atoms with E-state index < -0.39 is 0 Å². The number of pyridine rings is 1. The van der Waals surface area contributed by atoms with Gasteiger partial charge in [0.25, 0.3) is 0 Å². The first-order valence-electron chi connectivity index (χ1n) is 2.75. The van der Waals surface area contributed by atoms with Gasteiger partial charge in [0.1, 0.15) is 0 Å². The van der Waals surface area contributed by atoms with Gasteiger partial charge in [0.2, 0.25) is 0 Å². The molecule has 0 unspecified atom stereocenters. The minimum absolute atomic E-state index is 0.199. The molecule has 0 aromatic carbocycles. The first kappa shape index (κ1) is 7.20. The third kappa shape index (κ3) is 2.14. The smallest absolute Gasteiger partial charge is 0.274 e. The minimum Gasteiger partial charge on any atom is -0.274 e. The molecule has 1 rings (SSSR count). The van der Waals surface area contributed by atoms with E-state index in [9.17, 15) is 0 Å². The predicted octanol–water partition coefficient (Wildman–Crippen LogP) is -0.520. The fourth-order valence-corrected chi connectivity index (χ4v) is 0.578. The second kappa shape index (κ2) is 4.00. The molecule has 0 aliphatic heterocycles. The average Bonchev–Trinajstić information content (AvgIpc) is 2.03. The molecule has 1 N–H and O–H groups in total. The molecule has 0 bridgehead atoms. The first-order chi connectivity index (χ1) is 4.93. The molecular formula is C5H6BNO3. The second-order valence-electron chi connectivity index (χ2n) is 1.70. The average molecular weight is 139 g/mol. The van der Waals surface area contributed by atoms with E-state index in [0.717, 1.165) is 5.46 Å². The summed E-state index contributed by atoms with van der Waals surface area (Å²) < 4.78 is 0. The zero-order valence-corrected chi connectivity index (χ0v) is 5.23. The van der Waals surface area contributed by atoms with E-state index in [4.69, 9.17) is 5.26 Å². The van der Waals surface area contributed by atoms with Crippen LogP contribution in [0.2, 0.25) is 0 Å². The summed E-state index contributed by atoms with van der Waals surface area (Å²) in [7, 11) is 0.199. The molecule has 0 saturated heterocycles. The SMILES string of the molecule is OOOBc1cccnc1. The number of hydrogen-bond donors (Lipinski definition) is 1. The summed E-state index contributed by atoms with van der Waals surface area (Å²) in [5, 5.41) is 11.2. The second-order valence-corrected chi connectivity index (χ2v) is 1.70. The van der Waals surface area contributed by atoms with Crippen LogP contribution in [-0.2, 0) is 9.84 Å². The van der Waals surface area contributed by atoms with E-state index in [-0.39, 0.29) is 7.48 Å². The van der Waals surface area contributed by atoms with Crippen LogP contribution >= 0.6 is 0 Å². The lowest BCUT2D eigenvalue weighted by atomic mass is 9.91. The van der Waals surface area contributed by atoms with Crippen LogP contribution in [0.15, 0.2) is 24.5 Å². The van der Waals surface area contributed by atoms with Gasteiger partial charge in [-0.1, -0.05) is 11.1 Å². The van der Waals surface area contributed by atoms with Gasteiger partial charge in [-0.15, -0.1) is 0 Å². The lowest BCUT2D eigenvalue weighted by Crippen LogP contribution is -2.16. The number of hydrogen-bond acceptors (Lipinski definition) is 4. The normalized spacial score (nSPS) is 9.30. The number of aromatic nitrogens is 1. The maximum Gasteiger partial charge on any atom is 0.361 e. The third-order valence-electron chi connectivity index (χ3n) is 1.00. The zero-order valence-electron chi connectivity index (χ0n) is 5.23. The molecule has 1 aromatic rings. The van der Waals surface area contributed by atoms with E-state index >= 15 is 0 Å². The Hall–Kier alpha value is -0.905. The van der Waals surface area contributed by atoms with Crippen LogP contribution in [0.4, 0.5) is 0 Å². The van der Waals surface area contributed by atoms with E-state index in [1.807, 2.05) is 6.07 Å². The lowest BCUT2D eigenvalue weighted by molar-refractivity contribution is -0.441. The van der Waals surface area contributed by atoms with Gasteiger partial charge >= 0.3 is 7.48 Å². The van der Waals surface area contributed by atoms with Gasteiger partial charge in [0, 0.05) is 12.4 Å². The van der Waals surface area contributed by atoms with Crippen molar-refractivity contribution >= 4 is 12.9 Å². The van der Waals surface area contributed by atoms with Crippen LogP contribution < -0.4 is 5.46 Å². The number of rotatable bonds is 3. The summed E-state index contributed by atoms with van der Waals surface area (Å²) >= 11 is 0. The first-order valence-corrected chi connectivity index (χ1v) is 2.75. The van der Waals surface area contributed by atoms with Crippen molar-refractivity contribution in [3.8, 4) is 0 Å². The Balaban J connectivity index is 2.43. The van der Waals surface area contributed by atoms with Gasteiger partial charge in [0.15, 0.2) is 0 Å².